The van der Waals surface area contributed by atoms with E-state index in [0.717, 1.165) is 38.3 Å². The molecule has 1 amide bonds. The average molecular weight is 373 g/mol. The topological polar surface area (TPSA) is 38.8 Å². The summed E-state index contributed by atoms with van der Waals surface area (Å²) in [7, 11) is 6.17. The summed E-state index contributed by atoms with van der Waals surface area (Å²) in [6.07, 6.45) is 4.95. The van der Waals surface area contributed by atoms with Gasteiger partial charge in [0.25, 0.3) is 0 Å². The molecular formula is C22H36N4O. The van der Waals surface area contributed by atoms with Crippen LogP contribution in [0.2, 0.25) is 0 Å². The molecule has 5 heteroatoms. The first-order valence-corrected chi connectivity index (χ1v) is 10.4. The molecule has 2 aliphatic rings. The van der Waals surface area contributed by atoms with Crippen molar-refractivity contribution in [3.05, 3.63) is 35.4 Å². The average Bonchev–Trinajstić information content (AvgIpc) is 3.11. The van der Waals surface area contributed by atoms with E-state index in [9.17, 15) is 4.79 Å². The van der Waals surface area contributed by atoms with Gasteiger partial charge in [0, 0.05) is 38.3 Å². The van der Waals surface area contributed by atoms with Crippen LogP contribution in [0.25, 0.3) is 0 Å². The highest BCUT2D eigenvalue weighted by atomic mass is 16.2. The second-order valence-electron chi connectivity index (χ2n) is 8.72. The van der Waals surface area contributed by atoms with Gasteiger partial charge < -0.3 is 10.2 Å². The molecule has 150 valence electrons. The summed E-state index contributed by atoms with van der Waals surface area (Å²) >= 11 is 0. The fourth-order valence-electron chi connectivity index (χ4n) is 4.79. The van der Waals surface area contributed by atoms with E-state index in [1.807, 2.05) is 25.1 Å². The Morgan fingerprint density at radius 3 is 2.44 bits per heavy atom. The number of hydrogen-bond donors (Lipinski definition) is 1. The van der Waals surface area contributed by atoms with Gasteiger partial charge in [-0.05, 0) is 46.5 Å². The number of likely N-dealkylation sites (N-methyl/N-ethyl adjacent to an activating group) is 2. The number of carbonyl (C=O) groups excluding carboxylic acids is 1. The number of piperazine rings is 1. The number of amides is 1. The molecule has 1 aromatic rings. The second kappa shape index (κ2) is 8.72. The molecule has 0 bridgehead atoms. The predicted octanol–water partition coefficient (Wildman–Crippen LogP) is 2.27. The van der Waals surface area contributed by atoms with Gasteiger partial charge in [-0.25, -0.2) is 0 Å². The molecule has 1 N–H and O–H groups in total. The highest BCUT2D eigenvalue weighted by Crippen LogP contribution is 2.35. The molecule has 1 unspecified atom stereocenters. The van der Waals surface area contributed by atoms with Crippen LogP contribution in [0, 0.1) is 6.92 Å². The van der Waals surface area contributed by atoms with Crippen molar-refractivity contribution in [3.8, 4) is 0 Å². The van der Waals surface area contributed by atoms with Gasteiger partial charge >= 0.3 is 0 Å². The van der Waals surface area contributed by atoms with Crippen molar-refractivity contribution in [2.45, 2.75) is 44.2 Å². The molecule has 1 aromatic carbocycles. The zero-order chi connectivity index (χ0) is 19.4. The molecule has 0 radical (unpaired) electrons. The maximum atomic E-state index is 13.2. The number of nitrogens with one attached hydrogen (secondary N) is 1. The first kappa shape index (κ1) is 20.3. The predicted molar refractivity (Wildman–Crippen MR) is 111 cm³/mol. The number of aryl methyl sites for hydroxylation is 1. The second-order valence-corrected chi connectivity index (χ2v) is 8.72. The zero-order valence-corrected chi connectivity index (χ0v) is 17.5. The standard InChI is InChI=1S/C22H36N4O/c1-18-8-7-9-19(16-18)20(24(2)3)21(27)23-17-22(10-5-6-11-22)26-14-12-25(4)13-15-26/h7-9,16,20H,5-6,10-15,17H2,1-4H3,(H,23,27). The number of hydrogen-bond acceptors (Lipinski definition) is 4. The van der Waals surface area contributed by atoms with Crippen LogP contribution in [-0.4, -0.2) is 80.0 Å². The number of nitrogens with zero attached hydrogens (tertiary/aromatic N) is 3. The third-order valence-corrected chi connectivity index (χ3v) is 6.42. The summed E-state index contributed by atoms with van der Waals surface area (Å²) in [6, 6.07) is 8.06. The minimum atomic E-state index is -0.240. The Morgan fingerprint density at radius 2 is 1.85 bits per heavy atom. The molecule has 0 spiro atoms. The van der Waals surface area contributed by atoms with Gasteiger partial charge in [-0.1, -0.05) is 42.7 Å². The van der Waals surface area contributed by atoms with Gasteiger partial charge in [0.1, 0.15) is 6.04 Å². The first-order valence-electron chi connectivity index (χ1n) is 10.4. The van der Waals surface area contributed by atoms with Gasteiger partial charge in [-0.3, -0.25) is 14.6 Å². The number of carbonyl (C=O) groups is 1. The van der Waals surface area contributed by atoms with E-state index >= 15 is 0 Å². The third-order valence-electron chi connectivity index (χ3n) is 6.42. The van der Waals surface area contributed by atoms with E-state index in [4.69, 9.17) is 0 Å². The van der Waals surface area contributed by atoms with Gasteiger partial charge in [-0.2, -0.15) is 0 Å². The SMILES string of the molecule is Cc1cccc(C(C(=O)NCC2(N3CCN(C)CC3)CCCC2)N(C)C)c1. The van der Waals surface area contributed by atoms with Crippen LogP contribution >= 0.6 is 0 Å². The Bertz CT molecular complexity index is 631. The molecule has 27 heavy (non-hydrogen) atoms. The molecule has 5 nitrogen and oxygen atoms in total. The Balaban J connectivity index is 1.69. The van der Waals surface area contributed by atoms with Crippen LogP contribution in [0.1, 0.15) is 42.9 Å². The van der Waals surface area contributed by atoms with Crippen LogP contribution in [0.4, 0.5) is 0 Å². The summed E-state index contributed by atoms with van der Waals surface area (Å²) < 4.78 is 0. The normalized spacial score (nSPS) is 22.1. The van der Waals surface area contributed by atoms with Crippen molar-refractivity contribution in [3.63, 3.8) is 0 Å². The molecule has 1 atom stereocenters. The van der Waals surface area contributed by atoms with Crippen molar-refractivity contribution < 1.29 is 4.79 Å². The Labute approximate surface area is 164 Å². The fourth-order valence-corrected chi connectivity index (χ4v) is 4.79. The van der Waals surface area contributed by atoms with Crippen LogP contribution in [0.3, 0.4) is 0 Å². The first-order chi connectivity index (χ1) is 12.9. The summed E-state index contributed by atoms with van der Waals surface area (Å²) in [5, 5.41) is 3.34. The van der Waals surface area contributed by atoms with Crippen LogP contribution in [-0.2, 0) is 4.79 Å². The quantitative estimate of drug-likeness (QED) is 0.831. The minimum Gasteiger partial charge on any atom is -0.353 e. The lowest BCUT2D eigenvalue weighted by Gasteiger charge is -2.45. The smallest absolute Gasteiger partial charge is 0.242 e. The van der Waals surface area contributed by atoms with Gasteiger partial charge in [-0.15, -0.1) is 0 Å². The van der Waals surface area contributed by atoms with E-state index in [1.54, 1.807) is 0 Å². The van der Waals surface area contributed by atoms with E-state index in [2.05, 4.69) is 47.3 Å². The number of benzene rings is 1. The van der Waals surface area contributed by atoms with Crippen LogP contribution < -0.4 is 5.32 Å². The maximum Gasteiger partial charge on any atom is 0.242 e. The van der Waals surface area contributed by atoms with Crippen molar-refractivity contribution in [1.82, 2.24) is 20.0 Å². The van der Waals surface area contributed by atoms with E-state index in [0.29, 0.717) is 0 Å². The lowest BCUT2D eigenvalue weighted by molar-refractivity contribution is -0.126. The summed E-state index contributed by atoms with van der Waals surface area (Å²) in [6.45, 7) is 7.32. The lowest BCUT2D eigenvalue weighted by Crippen LogP contribution is -2.60. The molecule has 0 aromatic heterocycles. The molecule has 2 fully saturated rings. The highest BCUT2D eigenvalue weighted by Gasteiger charge is 2.41. The molecule has 3 rings (SSSR count). The molecule has 1 aliphatic carbocycles. The summed E-state index contributed by atoms with van der Waals surface area (Å²) in [5.74, 6) is 0.117. The van der Waals surface area contributed by atoms with E-state index in [1.165, 1.54) is 31.2 Å². The molecule has 1 saturated heterocycles. The maximum absolute atomic E-state index is 13.2. The molecule has 1 aliphatic heterocycles. The van der Waals surface area contributed by atoms with Gasteiger partial charge in [0.2, 0.25) is 5.91 Å². The molecular weight excluding hydrogens is 336 g/mol. The highest BCUT2D eigenvalue weighted by molar-refractivity contribution is 5.83. The fraction of sp³-hybridized carbons (Fsp3) is 0.682. The van der Waals surface area contributed by atoms with Crippen molar-refractivity contribution >= 4 is 5.91 Å². The third kappa shape index (κ3) is 4.71. The zero-order valence-electron chi connectivity index (χ0n) is 17.5. The number of rotatable bonds is 6. The van der Waals surface area contributed by atoms with E-state index in [-0.39, 0.29) is 17.5 Å². The Hall–Kier alpha value is -1.43. The van der Waals surface area contributed by atoms with Crippen LogP contribution in [0.5, 0.6) is 0 Å². The summed E-state index contributed by atoms with van der Waals surface area (Å²) in [5.41, 5.74) is 2.41. The molecule has 1 heterocycles. The Morgan fingerprint density at radius 1 is 1.19 bits per heavy atom. The van der Waals surface area contributed by atoms with Gasteiger partial charge in [0.15, 0.2) is 0 Å². The van der Waals surface area contributed by atoms with Crippen molar-refractivity contribution in [1.29, 1.82) is 0 Å². The monoisotopic (exact) mass is 372 g/mol. The van der Waals surface area contributed by atoms with E-state index < -0.39 is 0 Å². The summed E-state index contributed by atoms with van der Waals surface area (Å²) in [4.78, 5) is 20.2. The van der Waals surface area contributed by atoms with Crippen molar-refractivity contribution in [2.24, 2.45) is 0 Å². The van der Waals surface area contributed by atoms with Crippen LogP contribution in [0.15, 0.2) is 24.3 Å². The lowest BCUT2D eigenvalue weighted by atomic mass is 9.93. The Kier molecular flexibility index (Phi) is 6.56. The minimum absolute atomic E-state index is 0.117. The van der Waals surface area contributed by atoms with Gasteiger partial charge in [0.05, 0.1) is 0 Å². The molecule has 1 saturated carbocycles. The largest absolute Gasteiger partial charge is 0.353 e. The van der Waals surface area contributed by atoms with Crippen molar-refractivity contribution in [2.75, 3.05) is 53.9 Å².